The Morgan fingerprint density at radius 2 is 0.692 bits per heavy atom. The summed E-state index contributed by atoms with van der Waals surface area (Å²) in [6.45, 7) is 14.9. The fraction of sp³-hybridized carbons (Fsp3) is 0.184. The molecule has 0 amide bonds. The van der Waals surface area contributed by atoms with Crippen LogP contribution in [-0.2, 0) is 0 Å². The summed E-state index contributed by atoms with van der Waals surface area (Å²) in [6.07, 6.45) is 7.41. The van der Waals surface area contributed by atoms with E-state index < -0.39 is 0 Å². The number of rotatable bonds is 10. The molecule has 0 N–H and O–H groups in total. The van der Waals surface area contributed by atoms with Crippen LogP contribution >= 0.6 is 0 Å². The van der Waals surface area contributed by atoms with E-state index in [1.165, 1.54) is 33.4 Å². The van der Waals surface area contributed by atoms with Gasteiger partial charge in [-0.25, -0.2) is 0 Å². The van der Waals surface area contributed by atoms with Crippen LogP contribution in [0.5, 0.6) is 0 Å². The fourth-order valence-corrected chi connectivity index (χ4v) is 5.71. The predicted molar refractivity (Wildman–Crippen MR) is 225 cm³/mol. The topological polar surface area (TPSA) is 6.48 Å². The first-order chi connectivity index (χ1) is 24.2. The zero-order valence-corrected chi connectivity index (χ0v) is 35.9. The maximum atomic E-state index is 2.33. The maximum Gasteiger partial charge on any atom is 1.00 e. The van der Waals surface area contributed by atoms with E-state index in [9.17, 15) is 0 Å². The number of benzene rings is 6. The largest absolute Gasteiger partial charge is 1.00 e. The molecule has 2 nitrogen and oxygen atoms in total. The van der Waals surface area contributed by atoms with Crippen LogP contribution in [0.25, 0.3) is 11.1 Å². The third-order valence-corrected chi connectivity index (χ3v) is 8.77. The van der Waals surface area contributed by atoms with Crippen molar-refractivity contribution in [1.29, 1.82) is 0 Å². The number of aryl methyl sites for hydroxylation is 3. The van der Waals surface area contributed by atoms with E-state index in [0.29, 0.717) is 5.92 Å². The van der Waals surface area contributed by atoms with Crippen LogP contribution in [0.3, 0.4) is 0 Å². The Morgan fingerprint density at radius 3 is 0.942 bits per heavy atom. The monoisotopic (exact) mass is 709 g/mol. The summed E-state index contributed by atoms with van der Waals surface area (Å²) in [7, 11) is 0. The Morgan fingerprint density at radius 1 is 0.442 bits per heavy atom. The molecule has 0 fully saturated rings. The van der Waals surface area contributed by atoms with Crippen LogP contribution in [0.2, 0.25) is 0 Å². The first kappa shape index (κ1) is 42.6. The number of allylic oxidation sites excluding steroid dienone is 2. The summed E-state index contributed by atoms with van der Waals surface area (Å²) in [6, 6.07) is 53.0. The summed E-state index contributed by atoms with van der Waals surface area (Å²) in [4.78, 5) is 4.65. The normalized spacial score (nSPS) is 10.5. The average Bonchev–Trinajstić information content (AvgIpc) is 3.14. The first-order valence-corrected chi connectivity index (χ1v) is 17.8. The molecule has 0 spiro atoms. The van der Waals surface area contributed by atoms with Gasteiger partial charge in [-0.05, 0) is 106 Å². The van der Waals surface area contributed by atoms with E-state index in [-0.39, 0.29) is 58.8 Å². The second kappa shape index (κ2) is 21.0. The SMILES string of the molecule is C/C=C\C.Cc1ccc(N(c2ccc(C)cc2)c2ccc(-c3ccc(N(c4ccc(C)cc4)c4ccc([CH-]CC(C)C)cc4)cc3)cc2)cc1.[CH3-].[K+]. The molecule has 0 unspecified atom stereocenters. The Labute approximate surface area is 357 Å². The molecule has 52 heavy (non-hydrogen) atoms. The van der Waals surface area contributed by atoms with Gasteiger partial charge in [-0.1, -0.05) is 128 Å². The van der Waals surface area contributed by atoms with Crippen molar-refractivity contribution in [3.05, 3.63) is 194 Å². The summed E-state index contributed by atoms with van der Waals surface area (Å²) in [5, 5.41) is 0. The van der Waals surface area contributed by atoms with E-state index in [1.807, 2.05) is 26.0 Å². The van der Waals surface area contributed by atoms with Gasteiger partial charge in [0.1, 0.15) is 0 Å². The molecule has 0 radical (unpaired) electrons. The van der Waals surface area contributed by atoms with Crippen LogP contribution in [0.4, 0.5) is 34.1 Å². The predicted octanol–water partition coefficient (Wildman–Crippen LogP) is 11.9. The van der Waals surface area contributed by atoms with E-state index in [1.54, 1.807) is 0 Å². The summed E-state index contributed by atoms with van der Waals surface area (Å²) < 4.78 is 0. The van der Waals surface area contributed by atoms with Gasteiger partial charge < -0.3 is 17.2 Å². The molecule has 3 heteroatoms. The molecular weight excluding hydrogens is 656 g/mol. The minimum atomic E-state index is 0. The van der Waals surface area contributed by atoms with Gasteiger partial charge in [-0.3, -0.25) is 0 Å². The van der Waals surface area contributed by atoms with E-state index >= 15 is 0 Å². The van der Waals surface area contributed by atoms with Gasteiger partial charge in [0.25, 0.3) is 0 Å². The zero-order chi connectivity index (χ0) is 35.5. The van der Waals surface area contributed by atoms with Gasteiger partial charge in [0.2, 0.25) is 0 Å². The Balaban J connectivity index is 0.00000116. The van der Waals surface area contributed by atoms with Gasteiger partial charge in [-0.2, -0.15) is 24.1 Å². The van der Waals surface area contributed by atoms with E-state index in [2.05, 4.69) is 196 Å². The molecule has 0 aromatic heterocycles. The Bertz CT molecular complexity index is 1870. The van der Waals surface area contributed by atoms with E-state index in [0.717, 1.165) is 40.5 Å². The van der Waals surface area contributed by atoms with Crippen LogP contribution < -0.4 is 61.2 Å². The molecule has 0 bridgehead atoms. The van der Waals surface area contributed by atoms with Gasteiger partial charge >= 0.3 is 51.4 Å². The van der Waals surface area contributed by atoms with Crippen molar-refractivity contribution in [1.82, 2.24) is 0 Å². The average molecular weight is 710 g/mol. The fourth-order valence-electron chi connectivity index (χ4n) is 5.71. The maximum absolute atomic E-state index is 2.33. The molecule has 0 aliphatic rings. The Kier molecular flexibility index (Phi) is 17.2. The minimum absolute atomic E-state index is 0. The molecule has 0 saturated carbocycles. The molecule has 262 valence electrons. The van der Waals surface area contributed by atoms with Crippen LogP contribution in [-0.4, -0.2) is 0 Å². The third-order valence-electron chi connectivity index (χ3n) is 8.77. The van der Waals surface area contributed by atoms with E-state index in [4.69, 9.17) is 0 Å². The number of anilines is 6. The molecule has 0 aliphatic heterocycles. The van der Waals surface area contributed by atoms with Crippen LogP contribution in [0, 0.1) is 40.5 Å². The van der Waals surface area contributed by atoms with Gasteiger partial charge in [0, 0.05) is 34.1 Å². The van der Waals surface area contributed by atoms with Gasteiger partial charge in [0.05, 0.1) is 0 Å². The second-order valence-electron chi connectivity index (χ2n) is 13.4. The van der Waals surface area contributed by atoms with Crippen molar-refractivity contribution in [2.24, 2.45) is 5.92 Å². The third kappa shape index (κ3) is 11.6. The smallest absolute Gasteiger partial charge is 0.358 e. The van der Waals surface area contributed by atoms with Gasteiger partial charge in [-0.15, -0.1) is 0 Å². The van der Waals surface area contributed by atoms with Crippen molar-refractivity contribution in [2.45, 2.75) is 54.9 Å². The quantitative estimate of drug-likeness (QED) is 0.0794. The number of nitrogens with zero attached hydrogens (tertiary/aromatic N) is 2. The molecule has 0 heterocycles. The van der Waals surface area contributed by atoms with Crippen molar-refractivity contribution < 1.29 is 51.4 Å². The van der Waals surface area contributed by atoms with Crippen molar-refractivity contribution in [2.75, 3.05) is 9.80 Å². The number of hydrogen-bond donors (Lipinski definition) is 0. The standard InChI is InChI=1S/C44H43N2.C4H8.CH3.K/c1-32(2)6-13-36-14-26-42(27-15-36)46(41-24-11-35(5)12-25-41)44-30-18-38(19-31-44)37-16-28-43(29-17-37)45(39-20-7-33(3)8-21-39)40-22-9-34(4)10-23-40;1-3-4-2;;/h7-32H,6H2,1-5H3;3-4H,1-2H3;1H3;/q-1;;-1;+1/b;4-3-;;. The molecule has 0 aliphatic carbocycles. The summed E-state index contributed by atoms with van der Waals surface area (Å²) in [5.41, 5.74) is 14.3. The molecule has 0 saturated heterocycles. The van der Waals surface area contributed by atoms with Crippen LogP contribution in [0.1, 0.15) is 56.4 Å². The van der Waals surface area contributed by atoms with Crippen molar-refractivity contribution >= 4 is 34.1 Å². The van der Waals surface area contributed by atoms with Crippen molar-refractivity contribution in [3.8, 4) is 11.1 Å². The second-order valence-corrected chi connectivity index (χ2v) is 13.4. The Hall–Kier alpha value is -3.83. The van der Waals surface area contributed by atoms with Crippen LogP contribution in [0.15, 0.2) is 158 Å². The number of hydrogen-bond acceptors (Lipinski definition) is 2. The molecule has 6 aromatic carbocycles. The summed E-state index contributed by atoms with van der Waals surface area (Å²) >= 11 is 0. The molecular formula is C49H54KN2-. The van der Waals surface area contributed by atoms with Gasteiger partial charge in [0.15, 0.2) is 0 Å². The molecule has 6 aromatic rings. The summed E-state index contributed by atoms with van der Waals surface area (Å²) in [5.74, 6) is 0.652. The molecule has 6 rings (SSSR count). The molecule has 0 atom stereocenters. The minimum Gasteiger partial charge on any atom is -0.358 e. The zero-order valence-electron chi connectivity index (χ0n) is 32.8. The van der Waals surface area contributed by atoms with Crippen molar-refractivity contribution in [3.63, 3.8) is 0 Å². The first-order valence-electron chi connectivity index (χ1n) is 17.8.